The van der Waals surface area contributed by atoms with Gasteiger partial charge in [-0.05, 0) is 18.6 Å². The molecule has 0 saturated carbocycles. The fraction of sp³-hybridized carbons (Fsp3) is 0.333. The molecule has 0 unspecified atom stereocenters. The third kappa shape index (κ3) is 1.77. The molecule has 0 atom stereocenters. The number of amides is 2. The van der Waals surface area contributed by atoms with Crippen LogP contribution >= 0.6 is 0 Å². The van der Waals surface area contributed by atoms with Gasteiger partial charge in [0.25, 0.3) is 0 Å². The molecule has 1 aromatic heterocycles. The van der Waals surface area contributed by atoms with Gasteiger partial charge in [-0.3, -0.25) is 5.32 Å². The molecule has 0 bridgehead atoms. The van der Waals surface area contributed by atoms with E-state index in [-0.39, 0.29) is 6.03 Å². The first-order chi connectivity index (χ1) is 6.36. The first-order valence-corrected chi connectivity index (χ1v) is 4.33. The van der Waals surface area contributed by atoms with E-state index < -0.39 is 0 Å². The van der Waals surface area contributed by atoms with Crippen LogP contribution in [0.4, 0.5) is 10.6 Å². The van der Waals surface area contributed by atoms with Gasteiger partial charge in [-0.1, -0.05) is 6.07 Å². The Hall–Kier alpha value is -1.58. The van der Waals surface area contributed by atoms with Crippen LogP contribution < -0.4 is 5.32 Å². The fourth-order valence-corrected chi connectivity index (χ4v) is 1.14. The lowest BCUT2D eigenvalue weighted by Crippen LogP contribution is -2.44. The lowest BCUT2D eigenvalue weighted by molar-refractivity contribution is 0.181. The minimum atomic E-state index is -0.0510. The molecule has 68 valence electrons. The first kappa shape index (κ1) is 8.04. The molecule has 1 saturated heterocycles. The molecule has 1 N–H and O–H groups in total. The minimum absolute atomic E-state index is 0.0510. The van der Waals surface area contributed by atoms with E-state index in [1.807, 2.05) is 12.1 Å². The Labute approximate surface area is 76.6 Å². The van der Waals surface area contributed by atoms with Crippen LogP contribution in [0.15, 0.2) is 24.4 Å². The molecular weight excluding hydrogens is 166 g/mol. The Balaban J connectivity index is 1.94. The number of nitrogens with one attached hydrogen (secondary N) is 1. The van der Waals surface area contributed by atoms with Crippen molar-refractivity contribution in [3.63, 3.8) is 0 Å². The second-order valence-corrected chi connectivity index (χ2v) is 2.99. The monoisotopic (exact) mass is 177 g/mol. The van der Waals surface area contributed by atoms with E-state index in [4.69, 9.17) is 0 Å². The number of rotatable bonds is 1. The smallest absolute Gasteiger partial charge is 0.323 e. The second kappa shape index (κ2) is 3.43. The average molecular weight is 177 g/mol. The van der Waals surface area contributed by atoms with Crippen molar-refractivity contribution in [1.82, 2.24) is 9.88 Å². The van der Waals surface area contributed by atoms with Crippen LogP contribution in [0.25, 0.3) is 0 Å². The van der Waals surface area contributed by atoms with E-state index in [2.05, 4.69) is 10.3 Å². The predicted molar refractivity (Wildman–Crippen MR) is 49.4 cm³/mol. The highest BCUT2D eigenvalue weighted by molar-refractivity contribution is 5.88. The van der Waals surface area contributed by atoms with Gasteiger partial charge in [0.05, 0.1) is 0 Å². The van der Waals surface area contributed by atoms with Crippen molar-refractivity contribution >= 4 is 11.8 Å². The largest absolute Gasteiger partial charge is 0.324 e. The molecule has 1 fully saturated rings. The first-order valence-electron chi connectivity index (χ1n) is 4.33. The number of carbonyl (C=O) groups is 1. The van der Waals surface area contributed by atoms with Crippen molar-refractivity contribution in [2.45, 2.75) is 6.42 Å². The van der Waals surface area contributed by atoms with Crippen LogP contribution in [-0.2, 0) is 0 Å². The van der Waals surface area contributed by atoms with Crippen LogP contribution in [0.3, 0.4) is 0 Å². The van der Waals surface area contributed by atoms with Gasteiger partial charge in [0.1, 0.15) is 5.82 Å². The summed E-state index contributed by atoms with van der Waals surface area (Å²) < 4.78 is 0. The number of hydrogen-bond donors (Lipinski definition) is 1. The zero-order valence-electron chi connectivity index (χ0n) is 7.23. The second-order valence-electron chi connectivity index (χ2n) is 2.99. The van der Waals surface area contributed by atoms with Gasteiger partial charge in [-0.25, -0.2) is 9.78 Å². The maximum absolute atomic E-state index is 11.4. The Bertz CT molecular complexity index is 295. The zero-order valence-corrected chi connectivity index (χ0v) is 7.23. The van der Waals surface area contributed by atoms with E-state index >= 15 is 0 Å². The SMILES string of the molecule is O=C(Nc1ccccn1)N1CCC1. The molecular formula is C9H11N3O. The summed E-state index contributed by atoms with van der Waals surface area (Å²) >= 11 is 0. The van der Waals surface area contributed by atoms with Gasteiger partial charge in [0.2, 0.25) is 0 Å². The highest BCUT2D eigenvalue weighted by atomic mass is 16.2. The molecule has 2 amide bonds. The number of nitrogens with zero attached hydrogens (tertiary/aromatic N) is 2. The lowest BCUT2D eigenvalue weighted by Gasteiger charge is -2.30. The molecule has 0 spiro atoms. The molecule has 2 heterocycles. The van der Waals surface area contributed by atoms with E-state index in [0.29, 0.717) is 5.82 Å². The summed E-state index contributed by atoms with van der Waals surface area (Å²) in [5, 5.41) is 2.72. The van der Waals surface area contributed by atoms with Crippen LogP contribution in [0.5, 0.6) is 0 Å². The fourth-order valence-electron chi connectivity index (χ4n) is 1.14. The highest BCUT2D eigenvalue weighted by Gasteiger charge is 2.19. The van der Waals surface area contributed by atoms with E-state index in [0.717, 1.165) is 19.5 Å². The minimum Gasteiger partial charge on any atom is -0.324 e. The molecule has 0 aliphatic carbocycles. The number of urea groups is 1. The topological polar surface area (TPSA) is 45.2 Å². The number of likely N-dealkylation sites (tertiary alicyclic amines) is 1. The van der Waals surface area contributed by atoms with Gasteiger partial charge >= 0.3 is 6.03 Å². The summed E-state index contributed by atoms with van der Waals surface area (Å²) in [6.07, 6.45) is 2.77. The number of aromatic nitrogens is 1. The number of pyridine rings is 1. The van der Waals surface area contributed by atoms with Crippen LogP contribution in [-0.4, -0.2) is 29.0 Å². The molecule has 0 aromatic carbocycles. The Morgan fingerprint density at radius 3 is 2.85 bits per heavy atom. The Morgan fingerprint density at radius 1 is 1.46 bits per heavy atom. The summed E-state index contributed by atoms with van der Waals surface area (Å²) in [6.45, 7) is 1.72. The van der Waals surface area contributed by atoms with Gasteiger partial charge < -0.3 is 4.90 Å². The molecule has 1 aliphatic heterocycles. The van der Waals surface area contributed by atoms with E-state index in [1.54, 1.807) is 17.2 Å². The summed E-state index contributed by atoms with van der Waals surface area (Å²) in [5.74, 6) is 0.611. The maximum Gasteiger partial charge on any atom is 0.323 e. The molecule has 0 radical (unpaired) electrons. The van der Waals surface area contributed by atoms with Crippen molar-refractivity contribution in [1.29, 1.82) is 0 Å². The highest BCUT2D eigenvalue weighted by Crippen LogP contribution is 2.08. The summed E-state index contributed by atoms with van der Waals surface area (Å²) in [6, 6.07) is 5.39. The Morgan fingerprint density at radius 2 is 2.31 bits per heavy atom. The predicted octanol–water partition coefficient (Wildman–Crippen LogP) is 1.32. The van der Waals surface area contributed by atoms with Crippen LogP contribution in [0.2, 0.25) is 0 Å². The quantitative estimate of drug-likeness (QED) is 0.703. The molecule has 2 rings (SSSR count). The van der Waals surface area contributed by atoms with Gasteiger partial charge in [0, 0.05) is 19.3 Å². The molecule has 1 aromatic rings. The average Bonchev–Trinajstić information content (AvgIpc) is 2.02. The third-order valence-electron chi connectivity index (χ3n) is 2.04. The molecule has 4 heteroatoms. The summed E-state index contributed by atoms with van der Waals surface area (Å²) in [4.78, 5) is 17.1. The van der Waals surface area contributed by atoms with Gasteiger partial charge in [-0.2, -0.15) is 0 Å². The third-order valence-corrected chi connectivity index (χ3v) is 2.04. The van der Waals surface area contributed by atoms with E-state index in [9.17, 15) is 4.79 Å². The van der Waals surface area contributed by atoms with Crippen LogP contribution in [0, 0.1) is 0 Å². The molecule has 13 heavy (non-hydrogen) atoms. The van der Waals surface area contributed by atoms with Crippen molar-refractivity contribution in [3.05, 3.63) is 24.4 Å². The van der Waals surface area contributed by atoms with Crippen molar-refractivity contribution in [3.8, 4) is 0 Å². The zero-order chi connectivity index (χ0) is 9.10. The van der Waals surface area contributed by atoms with Crippen molar-refractivity contribution < 1.29 is 4.79 Å². The van der Waals surface area contributed by atoms with Crippen LogP contribution in [0.1, 0.15) is 6.42 Å². The molecule has 4 nitrogen and oxygen atoms in total. The Kier molecular flexibility index (Phi) is 2.12. The maximum atomic E-state index is 11.4. The van der Waals surface area contributed by atoms with Gasteiger partial charge in [0.15, 0.2) is 0 Å². The van der Waals surface area contributed by atoms with E-state index in [1.165, 1.54) is 0 Å². The van der Waals surface area contributed by atoms with Crippen molar-refractivity contribution in [2.24, 2.45) is 0 Å². The van der Waals surface area contributed by atoms with Crippen molar-refractivity contribution in [2.75, 3.05) is 18.4 Å². The summed E-state index contributed by atoms with van der Waals surface area (Å²) in [5.41, 5.74) is 0. The number of anilines is 1. The standard InChI is InChI=1S/C9H11N3O/c13-9(12-6-3-7-12)11-8-4-1-2-5-10-8/h1-2,4-5H,3,6-7H2,(H,10,11,13). The lowest BCUT2D eigenvalue weighted by atomic mass is 10.2. The number of hydrogen-bond acceptors (Lipinski definition) is 2. The summed E-state index contributed by atoms with van der Waals surface area (Å²) in [7, 11) is 0. The molecule has 1 aliphatic rings. The normalized spacial score (nSPS) is 14.9. The number of carbonyl (C=O) groups excluding carboxylic acids is 1. The van der Waals surface area contributed by atoms with Gasteiger partial charge in [-0.15, -0.1) is 0 Å².